The number of carbonyl (C=O) groups is 1. The first-order chi connectivity index (χ1) is 13.2. The Kier molecular flexibility index (Phi) is 7.75. The fourth-order valence-corrected chi connectivity index (χ4v) is 3.93. The molecule has 1 amide bonds. The summed E-state index contributed by atoms with van der Waals surface area (Å²) >= 11 is 0. The molecular weight excluding hydrogens is 376 g/mol. The van der Waals surface area contributed by atoms with E-state index in [0.29, 0.717) is 17.9 Å². The maximum Gasteiger partial charge on any atom is 0.306 e. The summed E-state index contributed by atoms with van der Waals surface area (Å²) in [5.41, 5.74) is 1.63. The number of hydrogen-bond acceptors (Lipinski definition) is 5. The second-order valence-corrected chi connectivity index (χ2v) is 9.18. The maximum absolute atomic E-state index is 13.0. The summed E-state index contributed by atoms with van der Waals surface area (Å²) in [6, 6.07) is 5.71. The molecule has 0 heterocycles. The molecule has 1 saturated carbocycles. The van der Waals surface area contributed by atoms with Crippen molar-refractivity contribution in [2.75, 3.05) is 24.2 Å². The van der Waals surface area contributed by atoms with Crippen LogP contribution in [0.3, 0.4) is 0 Å². The van der Waals surface area contributed by atoms with Gasteiger partial charge < -0.3 is 14.0 Å². The minimum absolute atomic E-state index is 0.0849. The molecule has 0 aromatic heterocycles. The number of benzene rings is 1. The zero-order valence-corrected chi connectivity index (χ0v) is 18.6. The summed E-state index contributed by atoms with van der Waals surface area (Å²) in [6.07, 6.45) is 4.88. The molecule has 0 N–H and O–H groups in total. The molecule has 1 aliphatic rings. The first-order valence-corrected chi connectivity index (χ1v) is 12.1. The highest BCUT2D eigenvalue weighted by molar-refractivity contribution is 7.86. The molecule has 0 saturated heterocycles. The SMILES string of the molecule is CCC(C)N(Cc1ccc(N(CC)CC)cc1OS(C)(=O)=O)C(=O)C1CCC1. The molecule has 28 heavy (non-hydrogen) atoms. The smallest absolute Gasteiger partial charge is 0.306 e. The van der Waals surface area contributed by atoms with Crippen LogP contribution in [0.4, 0.5) is 5.69 Å². The van der Waals surface area contributed by atoms with Crippen molar-refractivity contribution in [3.8, 4) is 5.75 Å². The summed E-state index contributed by atoms with van der Waals surface area (Å²) in [5, 5.41) is 0. The minimum Gasteiger partial charge on any atom is -0.382 e. The first-order valence-electron chi connectivity index (χ1n) is 10.3. The van der Waals surface area contributed by atoms with E-state index < -0.39 is 10.1 Å². The zero-order chi connectivity index (χ0) is 20.9. The molecule has 0 radical (unpaired) electrons. The fraction of sp³-hybridized carbons (Fsp3) is 0.667. The van der Waals surface area contributed by atoms with Crippen LogP contribution in [0.1, 0.15) is 58.9 Å². The molecule has 1 unspecified atom stereocenters. The Morgan fingerprint density at radius 2 is 1.86 bits per heavy atom. The lowest BCUT2D eigenvalue weighted by atomic mass is 9.84. The number of hydrogen-bond donors (Lipinski definition) is 0. The summed E-state index contributed by atoms with van der Waals surface area (Å²) in [7, 11) is -3.67. The normalized spacial score (nSPS) is 15.6. The van der Waals surface area contributed by atoms with Crippen LogP contribution >= 0.6 is 0 Å². The van der Waals surface area contributed by atoms with Crippen molar-refractivity contribution in [1.29, 1.82) is 0 Å². The van der Waals surface area contributed by atoms with E-state index >= 15 is 0 Å². The van der Waals surface area contributed by atoms with Crippen molar-refractivity contribution < 1.29 is 17.4 Å². The average molecular weight is 411 g/mol. The van der Waals surface area contributed by atoms with Gasteiger partial charge in [-0.2, -0.15) is 8.42 Å². The Morgan fingerprint density at radius 1 is 1.21 bits per heavy atom. The number of carbonyl (C=O) groups excluding carboxylic acids is 1. The van der Waals surface area contributed by atoms with Crippen LogP contribution in [0, 0.1) is 5.92 Å². The molecule has 1 atom stereocenters. The van der Waals surface area contributed by atoms with Crippen LogP contribution in [0.15, 0.2) is 18.2 Å². The van der Waals surface area contributed by atoms with E-state index in [-0.39, 0.29) is 17.9 Å². The van der Waals surface area contributed by atoms with Crippen LogP contribution in [0.2, 0.25) is 0 Å². The quantitative estimate of drug-likeness (QED) is 0.549. The standard InChI is InChI=1S/C21H34N2O4S/c1-6-16(4)23(21(24)17-10-9-11-17)15-18-12-13-19(22(7-2)8-3)14-20(18)27-28(5,25)26/h12-14,16-17H,6-11,15H2,1-5H3. The highest BCUT2D eigenvalue weighted by Gasteiger charge is 2.32. The van der Waals surface area contributed by atoms with Gasteiger partial charge in [0.05, 0.1) is 6.26 Å². The monoisotopic (exact) mass is 410 g/mol. The van der Waals surface area contributed by atoms with Gasteiger partial charge in [0.2, 0.25) is 5.91 Å². The molecule has 0 spiro atoms. The van der Waals surface area contributed by atoms with Gasteiger partial charge in [-0.25, -0.2) is 0 Å². The lowest BCUT2D eigenvalue weighted by Crippen LogP contribution is -2.43. The first kappa shape index (κ1) is 22.5. The van der Waals surface area contributed by atoms with Crippen molar-refractivity contribution in [3.63, 3.8) is 0 Å². The van der Waals surface area contributed by atoms with E-state index in [0.717, 1.165) is 50.7 Å². The largest absolute Gasteiger partial charge is 0.382 e. The van der Waals surface area contributed by atoms with Gasteiger partial charge in [-0.05, 0) is 46.1 Å². The molecule has 0 aliphatic heterocycles. The molecule has 0 bridgehead atoms. The summed E-state index contributed by atoms with van der Waals surface area (Å²) in [6.45, 7) is 10.2. The Bertz CT molecular complexity index is 771. The number of rotatable bonds is 10. The maximum atomic E-state index is 13.0. The highest BCUT2D eigenvalue weighted by atomic mass is 32.2. The Morgan fingerprint density at radius 3 is 2.32 bits per heavy atom. The van der Waals surface area contributed by atoms with E-state index in [1.165, 1.54) is 0 Å². The van der Waals surface area contributed by atoms with Gasteiger partial charge in [0, 0.05) is 48.9 Å². The van der Waals surface area contributed by atoms with E-state index in [2.05, 4.69) is 25.7 Å². The molecule has 6 nitrogen and oxygen atoms in total. The van der Waals surface area contributed by atoms with Gasteiger partial charge in [-0.3, -0.25) is 4.79 Å². The Balaban J connectivity index is 2.38. The fourth-order valence-electron chi connectivity index (χ4n) is 3.44. The number of anilines is 1. The third-order valence-electron chi connectivity index (χ3n) is 5.62. The number of amides is 1. The van der Waals surface area contributed by atoms with Gasteiger partial charge in [0.25, 0.3) is 0 Å². The van der Waals surface area contributed by atoms with Crippen molar-refractivity contribution in [3.05, 3.63) is 23.8 Å². The molecule has 2 rings (SSSR count). The Labute approximate surface area is 170 Å². The average Bonchev–Trinajstić information content (AvgIpc) is 2.58. The lowest BCUT2D eigenvalue weighted by Gasteiger charge is -2.35. The topological polar surface area (TPSA) is 66.9 Å². The summed E-state index contributed by atoms with van der Waals surface area (Å²) in [5.74, 6) is 0.573. The van der Waals surface area contributed by atoms with Crippen LogP contribution in [-0.4, -0.2) is 44.6 Å². The predicted molar refractivity (Wildman–Crippen MR) is 113 cm³/mol. The second kappa shape index (κ2) is 9.63. The van der Waals surface area contributed by atoms with Crippen molar-refractivity contribution >= 4 is 21.7 Å². The molecule has 1 aromatic rings. The third-order valence-corrected chi connectivity index (χ3v) is 6.10. The van der Waals surface area contributed by atoms with Crippen LogP contribution in [-0.2, 0) is 21.5 Å². The van der Waals surface area contributed by atoms with Crippen LogP contribution < -0.4 is 9.08 Å². The van der Waals surface area contributed by atoms with E-state index in [1.807, 2.05) is 24.0 Å². The van der Waals surface area contributed by atoms with Crippen molar-refractivity contribution in [1.82, 2.24) is 4.90 Å². The summed E-state index contributed by atoms with van der Waals surface area (Å²) < 4.78 is 29.0. The second-order valence-electron chi connectivity index (χ2n) is 7.60. The van der Waals surface area contributed by atoms with Crippen LogP contribution in [0.5, 0.6) is 5.75 Å². The lowest BCUT2D eigenvalue weighted by molar-refractivity contribution is -0.141. The molecule has 1 aromatic carbocycles. The van der Waals surface area contributed by atoms with Gasteiger partial charge >= 0.3 is 10.1 Å². The molecule has 1 aliphatic carbocycles. The third kappa shape index (κ3) is 5.63. The van der Waals surface area contributed by atoms with E-state index in [1.54, 1.807) is 6.07 Å². The molecule has 7 heteroatoms. The zero-order valence-electron chi connectivity index (χ0n) is 17.8. The molecular formula is C21H34N2O4S. The van der Waals surface area contributed by atoms with Gasteiger partial charge in [0.1, 0.15) is 5.75 Å². The van der Waals surface area contributed by atoms with E-state index in [9.17, 15) is 13.2 Å². The van der Waals surface area contributed by atoms with Crippen LogP contribution in [0.25, 0.3) is 0 Å². The van der Waals surface area contributed by atoms with Crippen molar-refractivity contribution in [2.45, 2.75) is 66.0 Å². The number of nitrogens with zero attached hydrogens (tertiary/aromatic N) is 2. The van der Waals surface area contributed by atoms with E-state index in [4.69, 9.17) is 4.18 Å². The highest BCUT2D eigenvalue weighted by Crippen LogP contribution is 2.32. The van der Waals surface area contributed by atoms with Gasteiger partial charge in [-0.1, -0.05) is 19.4 Å². The van der Waals surface area contributed by atoms with Gasteiger partial charge in [0.15, 0.2) is 0 Å². The van der Waals surface area contributed by atoms with Gasteiger partial charge in [-0.15, -0.1) is 0 Å². The molecule has 158 valence electrons. The summed E-state index contributed by atoms with van der Waals surface area (Å²) in [4.78, 5) is 17.0. The predicted octanol–water partition coefficient (Wildman–Crippen LogP) is 3.80. The minimum atomic E-state index is -3.67. The molecule has 1 fully saturated rings. The van der Waals surface area contributed by atoms with Crippen molar-refractivity contribution in [2.24, 2.45) is 5.92 Å². The Hall–Kier alpha value is -1.76.